The number of aliphatic hydroxyl groups is 1. The lowest BCUT2D eigenvalue weighted by Gasteiger charge is -2.44. The van der Waals surface area contributed by atoms with Crippen LogP contribution < -0.4 is 0 Å². The number of hydrazine groups is 1. The van der Waals surface area contributed by atoms with E-state index in [0.29, 0.717) is 5.56 Å². The second-order valence-corrected chi connectivity index (χ2v) is 6.07. The summed E-state index contributed by atoms with van der Waals surface area (Å²) in [6, 6.07) is 7.47. The number of carbonyl (C=O) groups excluding carboxylic acids is 1. The van der Waals surface area contributed by atoms with Gasteiger partial charge in [0.1, 0.15) is 0 Å². The van der Waals surface area contributed by atoms with E-state index in [1.54, 1.807) is 5.01 Å². The van der Waals surface area contributed by atoms with Crippen molar-refractivity contribution in [1.29, 1.82) is 0 Å². The third-order valence-corrected chi connectivity index (χ3v) is 4.64. The number of rotatable bonds is 2. The first-order valence-corrected chi connectivity index (χ1v) is 7.40. The van der Waals surface area contributed by atoms with Gasteiger partial charge >= 0.3 is 0 Å². The number of carbonyl (C=O) groups is 1. The van der Waals surface area contributed by atoms with E-state index in [4.69, 9.17) is 0 Å². The van der Waals surface area contributed by atoms with E-state index in [1.165, 1.54) is 11.4 Å². The Hall–Kier alpha value is -1.39. The zero-order valence-electron chi connectivity index (χ0n) is 12.2. The molecule has 1 aromatic rings. The minimum atomic E-state index is -1.18. The number of fused-ring (bicyclic) bond motifs is 1. The van der Waals surface area contributed by atoms with E-state index >= 15 is 0 Å². The van der Waals surface area contributed by atoms with Crippen LogP contribution in [0.2, 0.25) is 0 Å². The van der Waals surface area contributed by atoms with Crippen LogP contribution in [0.15, 0.2) is 24.3 Å². The van der Waals surface area contributed by atoms with Crippen LogP contribution in [0.5, 0.6) is 0 Å². The van der Waals surface area contributed by atoms with Crippen LogP contribution in [0.4, 0.5) is 0 Å². The van der Waals surface area contributed by atoms with Gasteiger partial charge in [0.05, 0.1) is 0 Å². The average molecular weight is 274 g/mol. The molecule has 0 bridgehead atoms. The molecular weight excluding hydrogens is 252 g/mol. The van der Waals surface area contributed by atoms with E-state index in [2.05, 4.69) is 0 Å². The summed E-state index contributed by atoms with van der Waals surface area (Å²) >= 11 is 0. The van der Waals surface area contributed by atoms with Crippen molar-refractivity contribution in [2.24, 2.45) is 5.92 Å². The number of benzene rings is 1. The summed E-state index contributed by atoms with van der Waals surface area (Å²) in [6.07, 6.45) is 5.43. The van der Waals surface area contributed by atoms with Crippen molar-refractivity contribution in [3.8, 4) is 0 Å². The maximum Gasteiger partial charge on any atom is 0.271 e. The second kappa shape index (κ2) is 4.86. The van der Waals surface area contributed by atoms with Gasteiger partial charge in [-0.15, -0.1) is 0 Å². The summed E-state index contributed by atoms with van der Waals surface area (Å²) in [7, 11) is 3.63. The molecule has 1 aliphatic carbocycles. The van der Waals surface area contributed by atoms with Crippen LogP contribution in [0, 0.1) is 5.92 Å². The molecule has 1 fully saturated rings. The molecular formula is C16H22N2O2. The summed E-state index contributed by atoms with van der Waals surface area (Å²) in [6.45, 7) is 0. The third kappa shape index (κ3) is 1.79. The quantitative estimate of drug-likeness (QED) is 0.900. The first kappa shape index (κ1) is 13.6. The fourth-order valence-electron chi connectivity index (χ4n) is 3.76. The molecule has 1 unspecified atom stereocenters. The number of hydrogen-bond donors (Lipinski definition) is 1. The summed E-state index contributed by atoms with van der Waals surface area (Å²) in [5, 5.41) is 14.7. The van der Waals surface area contributed by atoms with Crippen molar-refractivity contribution in [3.05, 3.63) is 35.4 Å². The Labute approximate surface area is 120 Å². The fraction of sp³-hybridized carbons (Fsp3) is 0.562. The van der Waals surface area contributed by atoms with Crippen LogP contribution in [0.25, 0.3) is 0 Å². The highest BCUT2D eigenvalue weighted by molar-refractivity contribution is 5.99. The van der Waals surface area contributed by atoms with Gasteiger partial charge in [-0.2, -0.15) is 0 Å². The molecule has 4 nitrogen and oxygen atoms in total. The topological polar surface area (TPSA) is 43.8 Å². The Morgan fingerprint density at radius 2 is 1.85 bits per heavy atom. The van der Waals surface area contributed by atoms with Gasteiger partial charge in [-0.05, 0) is 18.9 Å². The summed E-state index contributed by atoms with van der Waals surface area (Å²) < 4.78 is 0. The maximum atomic E-state index is 12.6. The molecule has 1 saturated carbocycles. The van der Waals surface area contributed by atoms with Gasteiger partial charge in [0.15, 0.2) is 5.72 Å². The van der Waals surface area contributed by atoms with Crippen LogP contribution in [-0.4, -0.2) is 35.1 Å². The minimum absolute atomic E-state index is 0.0985. The lowest BCUT2D eigenvalue weighted by atomic mass is 9.78. The smallest absolute Gasteiger partial charge is 0.271 e. The molecule has 1 aromatic carbocycles. The first-order chi connectivity index (χ1) is 9.56. The highest BCUT2D eigenvalue weighted by atomic mass is 16.3. The Bertz CT molecular complexity index is 523. The highest BCUT2D eigenvalue weighted by Gasteiger charge is 2.54. The van der Waals surface area contributed by atoms with E-state index in [9.17, 15) is 9.90 Å². The molecule has 3 rings (SSSR count). The van der Waals surface area contributed by atoms with E-state index in [-0.39, 0.29) is 11.8 Å². The summed E-state index contributed by atoms with van der Waals surface area (Å²) in [5.41, 5.74) is 0.220. The van der Waals surface area contributed by atoms with Gasteiger partial charge in [0.25, 0.3) is 5.91 Å². The zero-order valence-corrected chi connectivity index (χ0v) is 12.2. The highest BCUT2D eigenvalue weighted by Crippen LogP contribution is 2.47. The maximum absolute atomic E-state index is 12.6. The Balaban J connectivity index is 2.11. The first-order valence-electron chi connectivity index (χ1n) is 7.40. The van der Waals surface area contributed by atoms with Gasteiger partial charge in [0.2, 0.25) is 0 Å². The van der Waals surface area contributed by atoms with Crippen molar-refractivity contribution in [3.63, 3.8) is 0 Å². The van der Waals surface area contributed by atoms with Gasteiger partial charge in [-0.3, -0.25) is 4.79 Å². The average Bonchev–Trinajstić information content (AvgIpc) is 2.70. The van der Waals surface area contributed by atoms with E-state index < -0.39 is 5.72 Å². The van der Waals surface area contributed by atoms with Crippen LogP contribution in [-0.2, 0) is 5.72 Å². The second-order valence-electron chi connectivity index (χ2n) is 6.07. The lowest BCUT2D eigenvalue weighted by Crippen LogP contribution is -2.55. The third-order valence-electron chi connectivity index (χ3n) is 4.64. The summed E-state index contributed by atoms with van der Waals surface area (Å²) in [4.78, 5) is 12.6. The SMILES string of the molecule is CN(C)N1C(=O)c2ccccc2C1(O)C1CCCCC1. The zero-order chi connectivity index (χ0) is 14.3. The molecule has 1 heterocycles. The van der Waals surface area contributed by atoms with Crippen LogP contribution >= 0.6 is 0 Å². The fourth-order valence-corrected chi connectivity index (χ4v) is 3.76. The molecule has 0 radical (unpaired) electrons. The van der Waals surface area contributed by atoms with Gasteiger partial charge in [0, 0.05) is 31.1 Å². The van der Waals surface area contributed by atoms with Gasteiger partial charge < -0.3 is 5.11 Å². The molecule has 108 valence electrons. The van der Waals surface area contributed by atoms with Gasteiger partial charge in [-0.25, -0.2) is 10.0 Å². The molecule has 2 aliphatic rings. The Kier molecular flexibility index (Phi) is 3.30. The van der Waals surface area contributed by atoms with Gasteiger partial charge in [-0.1, -0.05) is 37.5 Å². The van der Waals surface area contributed by atoms with Crippen LogP contribution in [0.3, 0.4) is 0 Å². The molecule has 1 atom stereocenters. The molecule has 0 saturated heterocycles. The predicted octanol–water partition coefficient (Wildman–Crippen LogP) is 2.34. The molecule has 4 heteroatoms. The predicted molar refractivity (Wildman–Crippen MR) is 76.8 cm³/mol. The molecule has 1 aliphatic heterocycles. The minimum Gasteiger partial charge on any atom is -0.365 e. The van der Waals surface area contributed by atoms with Crippen molar-refractivity contribution in [1.82, 2.24) is 10.0 Å². The Morgan fingerprint density at radius 1 is 1.20 bits per heavy atom. The largest absolute Gasteiger partial charge is 0.365 e. The monoisotopic (exact) mass is 274 g/mol. The van der Waals surface area contributed by atoms with Crippen molar-refractivity contribution >= 4 is 5.91 Å². The van der Waals surface area contributed by atoms with E-state index in [1.807, 2.05) is 38.4 Å². The van der Waals surface area contributed by atoms with Crippen molar-refractivity contribution < 1.29 is 9.90 Å². The normalized spacial score (nSPS) is 27.2. The van der Waals surface area contributed by atoms with E-state index in [0.717, 1.165) is 31.2 Å². The Morgan fingerprint density at radius 3 is 2.50 bits per heavy atom. The molecule has 1 amide bonds. The molecule has 1 N–H and O–H groups in total. The summed E-state index contributed by atoms with van der Waals surface area (Å²) in [5.74, 6) is 0.0184. The molecule has 0 aromatic heterocycles. The molecule has 0 spiro atoms. The van der Waals surface area contributed by atoms with Crippen LogP contribution in [0.1, 0.15) is 48.0 Å². The van der Waals surface area contributed by atoms with Crippen molar-refractivity contribution in [2.75, 3.05) is 14.1 Å². The molecule has 20 heavy (non-hydrogen) atoms. The number of amides is 1. The standard InChI is InChI=1S/C16H22N2O2/c1-17(2)18-15(19)13-10-6-7-11-14(13)16(18,20)12-8-4-3-5-9-12/h6-7,10-12,20H,3-5,8-9H2,1-2H3. The number of hydrogen-bond acceptors (Lipinski definition) is 3. The lowest BCUT2D eigenvalue weighted by molar-refractivity contribution is -0.202. The van der Waals surface area contributed by atoms with Crippen molar-refractivity contribution in [2.45, 2.75) is 37.8 Å². The number of nitrogens with zero attached hydrogens (tertiary/aromatic N) is 2.